The molecule has 0 aliphatic carbocycles. The lowest BCUT2D eigenvalue weighted by Gasteiger charge is -2.19. The van der Waals surface area contributed by atoms with E-state index in [-0.39, 0.29) is 12.1 Å². The van der Waals surface area contributed by atoms with Gasteiger partial charge in [-0.15, -0.1) is 0 Å². The van der Waals surface area contributed by atoms with Crippen LogP contribution in [0.1, 0.15) is 22.9 Å². The van der Waals surface area contributed by atoms with Crippen LogP contribution in [0.2, 0.25) is 0 Å². The van der Waals surface area contributed by atoms with Crippen molar-refractivity contribution in [1.82, 2.24) is 4.90 Å². The van der Waals surface area contributed by atoms with E-state index in [2.05, 4.69) is 5.32 Å². The second kappa shape index (κ2) is 4.71. The zero-order valence-corrected chi connectivity index (χ0v) is 12.5. The Balaban J connectivity index is 1.96. The molecule has 2 aliphatic rings. The van der Waals surface area contributed by atoms with Gasteiger partial charge in [-0.05, 0) is 20.2 Å². The molecule has 4 heteroatoms. The second-order valence-electron chi connectivity index (χ2n) is 5.72. The first-order valence-electron chi connectivity index (χ1n) is 7.24. The first-order chi connectivity index (χ1) is 10.7. The van der Waals surface area contributed by atoms with Crippen LogP contribution in [0.3, 0.4) is 0 Å². The van der Waals surface area contributed by atoms with Crippen LogP contribution in [0.15, 0.2) is 48.5 Å². The Labute approximate surface area is 129 Å². The summed E-state index contributed by atoms with van der Waals surface area (Å²) in [6.07, 6.45) is -0.167. The van der Waals surface area contributed by atoms with Gasteiger partial charge in [0, 0.05) is 22.4 Å². The third kappa shape index (κ3) is 1.77. The Morgan fingerprint density at radius 3 is 2.45 bits per heavy atom. The molecule has 2 aliphatic heterocycles. The molecule has 2 aromatic carbocycles. The second-order valence-corrected chi connectivity index (χ2v) is 5.72. The molecular formula is C18H16N2O2. The highest BCUT2D eigenvalue weighted by molar-refractivity contribution is 6.36. The van der Waals surface area contributed by atoms with Gasteiger partial charge < -0.3 is 10.1 Å². The van der Waals surface area contributed by atoms with Crippen molar-refractivity contribution in [2.24, 2.45) is 0 Å². The number of nitrogens with one attached hydrogen (secondary N) is 1. The number of amides is 1. The lowest BCUT2D eigenvalue weighted by atomic mass is 10.00. The predicted molar refractivity (Wildman–Crippen MR) is 85.8 cm³/mol. The molecule has 0 unspecified atom stereocenters. The normalized spacial score (nSPS) is 22.3. The maximum absolute atomic E-state index is 12.4. The molecule has 0 saturated heterocycles. The van der Waals surface area contributed by atoms with Crippen molar-refractivity contribution in [2.45, 2.75) is 6.23 Å². The molecule has 1 amide bonds. The van der Waals surface area contributed by atoms with Gasteiger partial charge in [0.1, 0.15) is 5.76 Å². The smallest absolute Gasteiger partial charge is 0.260 e. The molecule has 1 atom stereocenters. The van der Waals surface area contributed by atoms with E-state index in [1.165, 1.54) is 0 Å². The highest BCUT2D eigenvalue weighted by atomic mass is 16.5. The molecule has 4 nitrogen and oxygen atoms in total. The first-order valence-corrected chi connectivity index (χ1v) is 7.24. The molecule has 4 rings (SSSR count). The number of para-hydroxylation sites is 1. The van der Waals surface area contributed by atoms with Gasteiger partial charge >= 0.3 is 0 Å². The summed E-state index contributed by atoms with van der Waals surface area (Å²) >= 11 is 0. The van der Waals surface area contributed by atoms with Gasteiger partial charge in [0.05, 0.1) is 5.57 Å². The monoisotopic (exact) mass is 292 g/mol. The number of ether oxygens (including phenoxy) is 1. The topological polar surface area (TPSA) is 41.6 Å². The SMILES string of the molecule is CN(C)[C@H]1OC(=C2C(=O)Nc3ccccc32)c2ccccc21. The highest BCUT2D eigenvalue weighted by Gasteiger charge is 2.36. The average molecular weight is 292 g/mol. The number of fused-ring (bicyclic) bond motifs is 2. The number of carbonyl (C=O) groups excluding carboxylic acids is 1. The van der Waals surface area contributed by atoms with Gasteiger partial charge in [0.2, 0.25) is 0 Å². The van der Waals surface area contributed by atoms with Crippen molar-refractivity contribution in [2.75, 3.05) is 19.4 Å². The number of hydrogen-bond donors (Lipinski definition) is 1. The number of benzene rings is 2. The van der Waals surface area contributed by atoms with Gasteiger partial charge in [0.15, 0.2) is 6.23 Å². The van der Waals surface area contributed by atoms with E-state index in [0.717, 1.165) is 22.4 Å². The summed E-state index contributed by atoms with van der Waals surface area (Å²) in [6.45, 7) is 0. The molecular weight excluding hydrogens is 276 g/mol. The number of hydrogen-bond acceptors (Lipinski definition) is 3. The van der Waals surface area contributed by atoms with Crippen LogP contribution in [0.5, 0.6) is 0 Å². The maximum Gasteiger partial charge on any atom is 0.260 e. The zero-order valence-electron chi connectivity index (χ0n) is 12.5. The third-order valence-corrected chi connectivity index (χ3v) is 4.07. The Morgan fingerprint density at radius 2 is 1.68 bits per heavy atom. The van der Waals surface area contributed by atoms with E-state index < -0.39 is 0 Å². The van der Waals surface area contributed by atoms with Crippen LogP contribution in [-0.2, 0) is 9.53 Å². The Hall–Kier alpha value is -2.59. The third-order valence-electron chi connectivity index (χ3n) is 4.07. The van der Waals surface area contributed by atoms with E-state index in [1.807, 2.05) is 67.5 Å². The molecule has 2 aromatic rings. The van der Waals surface area contributed by atoms with Gasteiger partial charge in [-0.25, -0.2) is 0 Å². The number of anilines is 1. The summed E-state index contributed by atoms with van der Waals surface area (Å²) in [6, 6.07) is 15.7. The number of nitrogens with zero attached hydrogens (tertiary/aromatic N) is 1. The lowest BCUT2D eigenvalue weighted by molar-refractivity contribution is -0.110. The summed E-state index contributed by atoms with van der Waals surface area (Å²) in [4.78, 5) is 14.4. The molecule has 110 valence electrons. The summed E-state index contributed by atoms with van der Waals surface area (Å²) in [5.41, 5.74) is 4.43. The summed E-state index contributed by atoms with van der Waals surface area (Å²) in [7, 11) is 3.94. The molecule has 2 heterocycles. The quantitative estimate of drug-likeness (QED) is 0.821. The van der Waals surface area contributed by atoms with Crippen LogP contribution < -0.4 is 5.32 Å². The summed E-state index contributed by atoms with van der Waals surface area (Å²) < 4.78 is 6.15. The molecule has 0 radical (unpaired) electrons. The first kappa shape index (κ1) is 13.1. The largest absolute Gasteiger partial charge is 0.469 e. The van der Waals surface area contributed by atoms with Crippen molar-refractivity contribution in [3.05, 3.63) is 65.2 Å². The molecule has 0 bridgehead atoms. The van der Waals surface area contributed by atoms with Crippen molar-refractivity contribution in [3.8, 4) is 0 Å². The minimum atomic E-state index is -0.167. The molecule has 0 saturated carbocycles. The minimum Gasteiger partial charge on any atom is -0.469 e. The van der Waals surface area contributed by atoms with Gasteiger partial charge in [-0.2, -0.15) is 0 Å². The van der Waals surface area contributed by atoms with E-state index in [0.29, 0.717) is 11.3 Å². The molecule has 1 N–H and O–H groups in total. The standard InChI is InChI=1S/C18H16N2O2/c1-20(2)18-12-8-4-3-7-11(12)16(22-18)15-13-9-5-6-10-14(13)19-17(15)21/h3-10,18H,1-2H3,(H,19,21)/t18-/m0/s1. The summed E-state index contributed by atoms with van der Waals surface area (Å²) in [5, 5.41) is 2.91. The van der Waals surface area contributed by atoms with E-state index in [1.54, 1.807) is 0 Å². The van der Waals surface area contributed by atoms with Crippen LogP contribution in [0.4, 0.5) is 5.69 Å². The average Bonchev–Trinajstić information content (AvgIpc) is 3.04. The fourth-order valence-corrected chi connectivity index (χ4v) is 3.08. The van der Waals surface area contributed by atoms with Crippen molar-refractivity contribution < 1.29 is 9.53 Å². The molecule has 0 fully saturated rings. The van der Waals surface area contributed by atoms with Gasteiger partial charge in [-0.3, -0.25) is 9.69 Å². The Bertz CT molecular complexity index is 808. The van der Waals surface area contributed by atoms with E-state index >= 15 is 0 Å². The Morgan fingerprint density at radius 1 is 1.00 bits per heavy atom. The molecule has 0 spiro atoms. The van der Waals surface area contributed by atoms with Crippen LogP contribution in [0, 0.1) is 0 Å². The Kier molecular flexibility index (Phi) is 2.81. The number of rotatable bonds is 1. The molecule has 22 heavy (non-hydrogen) atoms. The fourth-order valence-electron chi connectivity index (χ4n) is 3.08. The van der Waals surface area contributed by atoms with Crippen LogP contribution >= 0.6 is 0 Å². The fraction of sp³-hybridized carbons (Fsp3) is 0.167. The van der Waals surface area contributed by atoms with Crippen LogP contribution in [0.25, 0.3) is 11.3 Å². The minimum absolute atomic E-state index is 0.106. The predicted octanol–water partition coefficient (Wildman–Crippen LogP) is 3.10. The van der Waals surface area contributed by atoms with Crippen molar-refractivity contribution in [1.29, 1.82) is 0 Å². The lowest BCUT2D eigenvalue weighted by Crippen LogP contribution is -2.18. The maximum atomic E-state index is 12.4. The summed E-state index contributed by atoms with van der Waals surface area (Å²) in [5.74, 6) is 0.558. The van der Waals surface area contributed by atoms with E-state index in [4.69, 9.17) is 4.74 Å². The van der Waals surface area contributed by atoms with Crippen LogP contribution in [-0.4, -0.2) is 24.9 Å². The number of carbonyl (C=O) groups is 1. The van der Waals surface area contributed by atoms with Gasteiger partial charge in [0.25, 0.3) is 5.91 Å². The van der Waals surface area contributed by atoms with E-state index in [9.17, 15) is 4.79 Å². The zero-order chi connectivity index (χ0) is 15.3. The highest BCUT2D eigenvalue weighted by Crippen LogP contribution is 2.45. The van der Waals surface area contributed by atoms with Crippen molar-refractivity contribution >= 4 is 22.9 Å². The van der Waals surface area contributed by atoms with Gasteiger partial charge in [-0.1, -0.05) is 42.5 Å². The molecule has 0 aromatic heterocycles. The van der Waals surface area contributed by atoms with Crippen molar-refractivity contribution in [3.63, 3.8) is 0 Å².